The number of ether oxygens (including phenoxy) is 2. The van der Waals surface area contributed by atoms with Crippen LogP contribution in [0.5, 0.6) is 11.5 Å². The first kappa shape index (κ1) is 20.1. The zero-order valence-corrected chi connectivity index (χ0v) is 17.0. The number of carbonyl (C=O) groups is 2. The molecule has 0 saturated carbocycles. The van der Waals surface area contributed by atoms with Gasteiger partial charge < -0.3 is 14.8 Å². The molecule has 1 fully saturated rings. The first-order valence-corrected chi connectivity index (χ1v) is 10.2. The minimum Gasteiger partial charge on any atom is -0.493 e. The van der Waals surface area contributed by atoms with Crippen LogP contribution in [0.4, 0.5) is 5.69 Å². The normalized spacial score (nSPS) is 16.4. The zero-order chi connectivity index (χ0) is 20.1. The second kappa shape index (κ2) is 9.01. The van der Waals surface area contributed by atoms with Gasteiger partial charge in [0.1, 0.15) is 6.04 Å². The predicted molar refractivity (Wildman–Crippen MR) is 110 cm³/mol. The molecule has 148 valence electrons. The number of likely N-dealkylation sites (tertiary alicyclic amines) is 1. The Morgan fingerprint density at radius 2 is 1.79 bits per heavy atom. The van der Waals surface area contributed by atoms with E-state index >= 15 is 0 Å². The number of thioether (sulfide) groups is 1. The average Bonchev–Trinajstić information content (AvgIpc) is 2.99. The summed E-state index contributed by atoms with van der Waals surface area (Å²) in [6, 6.07) is 12.9. The van der Waals surface area contributed by atoms with E-state index < -0.39 is 6.04 Å². The van der Waals surface area contributed by atoms with Gasteiger partial charge in [0, 0.05) is 17.1 Å². The van der Waals surface area contributed by atoms with E-state index in [1.54, 1.807) is 26.0 Å². The van der Waals surface area contributed by atoms with Crippen LogP contribution in [0.3, 0.4) is 0 Å². The maximum absolute atomic E-state index is 12.7. The van der Waals surface area contributed by atoms with E-state index in [1.807, 2.05) is 48.7 Å². The van der Waals surface area contributed by atoms with E-state index in [2.05, 4.69) is 5.32 Å². The van der Waals surface area contributed by atoms with E-state index in [1.165, 1.54) is 4.90 Å². The number of carbonyl (C=O) groups excluding carboxylic acids is 2. The van der Waals surface area contributed by atoms with Crippen LogP contribution in [-0.2, 0) is 16.0 Å². The molecular weight excluding hydrogens is 376 g/mol. The van der Waals surface area contributed by atoms with Crippen LogP contribution in [0.25, 0.3) is 0 Å². The summed E-state index contributed by atoms with van der Waals surface area (Å²) in [4.78, 5) is 27.5. The third-order valence-corrected chi connectivity index (χ3v) is 5.49. The number of anilines is 1. The molecule has 1 saturated heterocycles. The standard InChI is InChI=1S/C21H24N2O4S/c1-26-18-9-4-14(12-19(18)27-2)10-11-23-20(24)13-17(21(23)25)22-15-5-7-16(28-3)8-6-15/h4-9,12,17,22H,10-11,13H2,1-3H3/t17-/m0/s1. The Morgan fingerprint density at radius 3 is 2.43 bits per heavy atom. The maximum Gasteiger partial charge on any atom is 0.252 e. The lowest BCUT2D eigenvalue weighted by Gasteiger charge is -2.17. The molecule has 0 aliphatic carbocycles. The molecule has 28 heavy (non-hydrogen) atoms. The van der Waals surface area contributed by atoms with Gasteiger partial charge in [-0.1, -0.05) is 6.07 Å². The van der Waals surface area contributed by atoms with Crippen LogP contribution in [-0.4, -0.2) is 49.8 Å². The average molecular weight is 401 g/mol. The fraction of sp³-hybridized carbons (Fsp3) is 0.333. The molecule has 1 aliphatic rings. The number of nitrogens with one attached hydrogen (secondary N) is 1. The molecule has 0 bridgehead atoms. The largest absolute Gasteiger partial charge is 0.493 e. The van der Waals surface area contributed by atoms with Gasteiger partial charge in [-0.3, -0.25) is 14.5 Å². The molecule has 3 rings (SSSR count). The molecule has 1 N–H and O–H groups in total. The van der Waals surface area contributed by atoms with Gasteiger partial charge in [-0.15, -0.1) is 11.8 Å². The monoisotopic (exact) mass is 400 g/mol. The second-order valence-electron chi connectivity index (χ2n) is 6.45. The summed E-state index contributed by atoms with van der Waals surface area (Å²) in [5.41, 5.74) is 1.81. The number of nitrogens with zero attached hydrogens (tertiary/aromatic N) is 1. The van der Waals surface area contributed by atoms with Gasteiger partial charge in [-0.25, -0.2) is 0 Å². The SMILES string of the molecule is COc1ccc(CCN2C(=O)C[C@H](Nc3ccc(SC)cc3)C2=O)cc1OC. The molecule has 7 heteroatoms. The van der Waals surface area contributed by atoms with E-state index in [9.17, 15) is 9.59 Å². The van der Waals surface area contributed by atoms with E-state index in [4.69, 9.17) is 9.47 Å². The summed E-state index contributed by atoms with van der Waals surface area (Å²) in [5, 5.41) is 3.18. The van der Waals surface area contributed by atoms with Crippen LogP contribution in [0.2, 0.25) is 0 Å². The van der Waals surface area contributed by atoms with Crippen molar-refractivity contribution in [3.8, 4) is 11.5 Å². The summed E-state index contributed by atoms with van der Waals surface area (Å²) in [5.74, 6) is 0.951. The smallest absolute Gasteiger partial charge is 0.252 e. The number of amides is 2. The molecule has 0 radical (unpaired) electrons. The zero-order valence-electron chi connectivity index (χ0n) is 16.2. The highest BCUT2D eigenvalue weighted by atomic mass is 32.2. The summed E-state index contributed by atoms with van der Waals surface area (Å²) in [6.07, 6.45) is 2.75. The Bertz CT molecular complexity index is 854. The van der Waals surface area contributed by atoms with Crippen molar-refractivity contribution in [2.75, 3.05) is 32.3 Å². The third-order valence-electron chi connectivity index (χ3n) is 4.75. The van der Waals surface area contributed by atoms with E-state index in [0.29, 0.717) is 24.5 Å². The minimum atomic E-state index is -0.516. The van der Waals surface area contributed by atoms with E-state index in [0.717, 1.165) is 16.1 Å². The van der Waals surface area contributed by atoms with Gasteiger partial charge in [0.05, 0.1) is 20.6 Å². The molecule has 1 atom stereocenters. The molecule has 2 aromatic carbocycles. The molecule has 1 heterocycles. The minimum absolute atomic E-state index is 0.149. The number of rotatable bonds is 8. The predicted octanol–water partition coefficient (Wildman–Crippen LogP) is 3.21. The molecule has 0 aromatic heterocycles. The second-order valence-corrected chi connectivity index (χ2v) is 7.33. The van der Waals surface area contributed by atoms with Gasteiger partial charge in [0.2, 0.25) is 5.91 Å². The van der Waals surface area contributed by atoms with Crippen molar-refractivity contribution in [2.24, 2.45) is 0 Å². The Hall–Kier alpha value is -2.67. The lowest BCUT2D eigenvalue weighted by molar-refractivity contribution is -0.138. The van der Waals surface area contributed by atoms with Gasteiger partial charge >= 0.3 is 0 Å². The van der Waals surface area contributed by atoms with Crippen LogP contribution in [0, 0.1) is 0 Å². The van der Waals surface area contributed by atoms with Gasteiger partial charge in [0.25, 0.3) is 5.91 Å². The fourth-order valence-corrected chi connectivity index (χ4v) is 3.60. The van der Waals surface area contributed by atoms with Crippen molar-refractivity contribution in [3.05, 3.63) is 48.0 Å². The number of imide groups is 1. The summed E-state index contributed by atoms with van der Waals surface area (Å²) < 4.78 is 10.5. The number of methoxy groups -OCH3 is 2. The van der Waals surface area contributed by atoms with Crippen molar-refractivity contribution in [2.45, 2.75) is 23.8 Å². The topological polar surface area (TPSA) is 67.9 Å². The van der Waals surface area contributed by atoms with Gasteiger partial charge in [0.15, 0.2) is 11.5 Å². The first-order chi connectivity index (χ1) is 13.5. The lowest BCUT2D eigenvalue weighted by atomic mass is 10.1. The summed E-state index contributed by atoms with van der Waals surface area (Å²) in [6.45, 7) is 0.344. The van der Waals surface area contributed by atoms with Crippen LogP contribution >= 0.6 is 11.8 Å². The van der Waals surface area contributed by atoms with Crippen molar-refractivity contribution >= 4 is 29.3 Å². The summed E-state index contributed by atoms with van der Waals surface area (Å²) in [7, 11) is 3.16. The Labute approximate surface area is 169 Å². The van der Waals surface area contributed by atoms with Gasteiger partial charge in [-0.2, -0.15) is 0 Å². The van der Waals surface area contributed by atoms with Crippen molar-refractivity contribution < 1.29 is 19.1 Å². The molecule has 2 aromatic rings. The highest BCUT2D eigenvalue weighted by Crippen LogP contribution is 2.28. The van der Waals surface area contributed by atoms with Crippen LogP contribution in [0.15, 0.2) is 47.4 Å². The van der Waals surface area contributed by atoms with Crippen molar-refractivity contribution in [1.29, 1.82) is 0 Å². The molecule has 0 unspecified atom stereocenters. The molecule has 1 aliphatic heterocycles. The fourth-order valence-electron chi connectivity index (χ4n) is 3.20. The van der Waals surface area contributed by atoms with Crippen LogP contribution in [0.1, 0.15) is 12.0 Å². The highest BCUT2D eigenvalue weighted by molar-refractivity contribution is 7.98. The third kappa shape index (κ3) is 4.42. The maximum atomic E-state index is 12.7. The quantitative estimate of drug-likeness (QED) is 0.542. The first-order valence-electron chi connectivity index (χ1n) is 9.01. The lowest BCUT2D eigenvalue weighted by Crippen LogP contribution is -2.36. The van der Waals surface area contributed by atoms with Crippen LogP contribution < -0.4 is 14.8 Å². The summed E-state index contributed by atoms with van der Waals surface area (Å²) >= 11 is 1.66. The van der Waals surface area contributed by atoms with Crippen molar-refractivity contribution in [1.82, 2.24) is 4.90 Å². The Kier molecular flexibility index (Phi) is 6.46. The number of hydrogen-bond donors (Lipinski definition) is 1. The van der Waals surface area contributed by atoms with Crippen molar-refractivity contribution in [3.63, 3.8) is 0 Å². The highest BCUT2D eigenvalue weighted by Gasteiger charge is 2.38. The Morgan fingerprint density at radius 1 is 1.07 bits per heavy atom. The number of benzene rings is 2. The Balaban J connectivity index is 1.62. The molecule has 6 nitrogen and oxygen atoms in total. The van der Waals surface area contributed by atoms with E-state index in [-0.39, 0.29) is 18.2 Å². The number of hydrogen-bond acceptors (Lipinski definition) is 6. The molecule has 0 spiro atoms. The van der Waals surface area contributed by atoms with Gasteiger partial charge in [-0.05, 0) is 54.6 Å². The molecular formula is C21H24N2O4S. The molecule has 2 amide bonds.